The Kier molecular flexibility index (Phi) is 5.55. The molecule has 1 aliphatic rings. The van der Waals surface area contributed by atoms with Crippen LogP contribution in [-0.4, -0.2) is 45.8 Å². The lowest BCUT2D eigenvalue weighted by Gasteiger charge is -2.29. The molecule has 0 unspecified atom stereocenters. The molecular weight excluding hydrogens is 264 g/mol. The zero-order chi connectivity index (χ0) is 15.3. The van der Waals surface area contributed by atoms with E-state index >= 15 is 0 Å². The van der Waals surface area contributed by atoms with Gasteiger partial charge in [0.2, 0.25) is 5.28 Å². The van der Waals surface area contributed by atoms with Gasteiger partial charge in [-0.25, -0.2) is 0 Å². The first-order chi connectivity index (χ1) is 9.25. The fraction of sp³-hybridized carbons (Fsp3) is 0.917. The summed E-state index contributed by atoms with van der Waals surface area (Å²) in [4.78, 5) is 16.4. The van der Waals surface area contributed by atoms with Gasteiger partial charge in [-0.2, -0.15) is 0 Å². The van der Waals surface area contributed by atoms with Crippen LogP contribution in [0.3, 0.4) is 0 Å². The van der Waals surface area contributed by atoms with E-state index in [2.05, 4.69) is 5.28 Å². The molecule has 116 valence electrons. The smallest absolute Gasteiger partial charge is 0.306 e. The van der Waals surface area contributed by atoms with Gasteiger partial charge >= 0.3 is 5.97 Å². The number of aliphatic carboxylic acids is 1. The Labute approximate surface area is 118 Å². The lowest BCUT2D eigenvalue weighted by molar-refractivity contribution is -0.725. The SMILES string of the molecule is CC(C)(C)N(CCN)/[N+]([O-])=N/O[C@@H]1CC[C@H](C(=O)O)C1. The van der Waals surface area contributed by atoms with Gasteiger partial charge in [0.15, 0.2) is 0 Å². The number of carboxylic acids is 1. The summed E-state index contributed by atoms with van der Waals surface area (Å²) in [5, 5.41) is 25.8. The number of nitrogens with zero attached hydrogens (tertiary/aromatic N) is 3. The van der Waals surface area contributed by atoms with Crippen molar-refractivity contribution in [3.63, 3.8) is 0 Å². The minimum absolute atomic E-state index is 0.313. The minimum atomic E-state index is -0.825. The zero-order valence-corrected chi connectivity index (χ0v) is 12.3. The first-order valence-corrected chi connectivity index (χ1v) is 6.80. The summed E-state index contributed by atoms with van der Waals surface area (Å²) in [7, 11) is 0. The summed E-state index contributed by atoms with van der Waals surface area (Å²) in [5.41, 5.74) is 5.06. The van der Waals surface area contributed by atoms with Crippen LogP contribution < -0.4 is 5.73 Å². The molecule has 0 aromatic heterocycles. The largest absolute Gasteiger partial charge is 0.569 e. The topological polar surface area (TPSA) is 114 Å². The van der Waals surface area contributed by atoms with Crippen molar-refractivity contribution in [1.29, 1.82) is 0 Å². The highest BCUT2D eigenvalue weighted by Gasteiger charge is 2.33. The Hall–Kier alpha value is -1.57. The van der Waals surface area contributed by atoms with Crippen molar-refractivity contribution >= 4 is 5.97 Å². The highest BCUT2D eigenvalue weighted by Crippen LogP contribution is 2.28. The highest BCUT2D eigenvalue weighted by atomic mass is 16.7. The van der Waals surface area contributed by atoms with Gasteiger partial charge in [0.1, 0.15) is 6.10 Å². The van der Waals surface area contributed by atoms with E-state index in [1.165, 1.54) is 5.01 Å². The normalized spacial score (nSPS) is 23.7. The molecule has 0 aliphatic heterocycles. The van der Waals surface area contributed by atoms with Gasteiger partial charge in [0.05, 0.1) is 23.0 Å². The third-order valence-electron chi connectivity index (χ3n) is 3.32. The molecule has 8 nitrogen and oxygen atoms in total. The zero-order valence-electron chi connectivity index (χ0n) is 12.3. The van der Waals surface area contributed by atoms with E-state index in [1.54, 1.807) is 0 Å². The average Bonchev–Trinajstić information content (AvgIpc) is 2.80. The molecule has 0 spiro atoms. The summed E-state index contributed by atoms with van der Waals surface area (Å²) in [6, 6.07) is 0. The molecule has 1 rings (SSSR count). The maximum atomic E-state index is 11.9. The van der Waals surface area contributed by atoms with Crippen molar-refractivity contribution in [1.82, 2.24) is 5.01 Å². The summed E-state index contributed by atoms with van der Waals surface area (Å²) in [6.45, 7) is 6.32. The Morgan fingerprint density at radius 2 is 2.20 bits per heavy atom. The maximum Gasteiger partial charge on any atom is 0.306 e. The molecule has 2 atom stereocenters. The molecule has 0 amide bonds. The Bertz CT molecular complexity index is 367. The van der Waals surface area contributed by atoms with Gasteiger partial charge in [0, 0.05) is 13.0 Å². The molecule has 0 aromatic carbocycles. The molecule has 0 bridgehead atoms. The van der Waals surface area contributed by atoms with Gasteiger partial charge < -0.3 is 20.9 Å². The second-order valence-corrected chi connectivity index (χ2v) is 5.99. The van der Waals surface area contributed by atoms with Crippen molar-refractivity contribution in [2.24, 2.45) is 16.9 Å². The third-order valence-corrected chi connectivity index (χ3v) is 3.32. The van der Waals surface area contributed by atoms with Gasteiger partial charge in [-0.15, -0.1) is 5.01 Å². The van der Waals surface area contributed by atoms with E-state index in [-0.39, 0.29) is 6.10 Å². The number of rotatable bonds is 6. The van der Waals surface area contributed by atoms with Crippen molar-refractivity contribution < 1.29 is 19.7 Å². The molecule has 1 aliphatic carbocycles. The standard InChI is InChI=1S/C12H24N4O4/c1-12(2,3)15(7-6-13)16(19)14-20-10-5-4-9(8-10)11(17)18/h9-10H,4-8,13H2,1-3H3,(H,17,18)/b16-14-/t9-,10+/m0/s1. The minimum Gasteiger partial charge on any atom is -0.569 e. The monoisotopic (exact) mass is 288 g/mol. The molecule has 0 saturated heterocycles. The Morgan fingerprint density at radius 1 is 1.55 bits per heavy atom. The Morgan fingerprint density at radius 3 is 2.65 bits per heavy atom. The van der Waals surface area contributed by atoms with Gasteiger partial charge in [0.25, 0.3) is 0 Å². The van der Waals surface area contributed by atoms with Crippen LogP contribution in [0.25, 0.3) is 0 Å². The molecule has 3 N–H and O–H groups in total. The fourth-order valence-corrected chi connectivity index (χ4v) is 2.21. The van der Waals surface area contributed by atoms with Crippen LogP contribution in [0, 0.1) is 11.1 Å². The second kappa shape index (κ2) is 6.74. The summed E-state index contributed by atoms with van der Waals surface area (Å²) in [6.07, 6.45) is 1.23. The lowest BCUT2D eigenvalue weighted by atomic mass is 10.1. The molecule has 1 saturated carbocycles. The van der Waals surface area contributed by atoms with E-state index in [0.717, 1.165) is 0 Å². The van der Waals surface area contributed by atoms with Crippen LogP contribution in [0.2, 0.25) is 0 Å². The van der Waals surface area contributed by atoms with Crippen molar-refractivity contribution in [3.05, 3.63) is 5.21 Å². The molecule has 1 fully saturated rings. The fourth-order valence-electron chi connectivity index (χ4n) is 2.21. The van der Waals surface area contributed by atoms with E-state index < -0.39 is 17.4 Å². The molecule has 8 heteroatoms. The number of hydrogen-bond donors (Lipinski definition) is 2. The second-order valence-electron chi connectivity index (χ2n) is 5.99. The van der Waals surface area contributed by atoms with Gasteiger partial charge in [-0.3, -0.25) is 4.79 Å². The molecule has 0 heterocycles. The predicted octanol–water partition coefficient (Wildman–Crippen LogP) is 1.11. The quantitative estimate of drug-likeness (QED) is 0.430. The van der Waals surface area contributed by atoms with E-state index in [0.29, 0.717) is 37.3 Å². The van der Waals surface area contributed by atoms with E-state index in [4.69, 9.17) is 15.7 Å². The number of carbonyl (C=O) groups is 1. The van der Waals surface area contributed by atoms with Gasteiger partial charge in [-0.1, -0.05) is 0 Å². The van der Waals surface area contributed by atoms with Crippen LogP contribution in [0.5, 0.6) is 0 Å². The molecule has 20 heavy (non-hydrogen) atoms. The number of carboxylic acid groups (broad SMARTS) is 1. The summed E-state index contributed by atoms with van der Waals surface area (Å²) >= 11 is 0. The Balaban J connectivity index is 2.58. The van der Waals surface area contributed by atoms with Crippen molar-refractivity contribution in [3.8, 4) is 0 Å². The first kappa shape index (κ1) is 16.5. The van der Waals surface area contributed by atoms with E-state index in [9.17, 15) is 10.0 Å². The lowest BCUT2D eigenvalue weighted by Crippen LogP contribution is -2.48. The number of hydrogen-bond acceptors (Lipinski definition) is 5. The molecule has 0 radical (unpaired) electrons. The number of hydrazine groups is 1. The van der Waals surface area contributed by atoms with Crippen LogP contribution in [0.1, 0.15) is 40.0 Å². The first-order valence-electron chi connectivity index (χ1n) is 6.80. The van der Waals surface area contributed by atoms with Gasteiger partial charge in [-0.05, 0) is 33.6 Å². The van der Waals surface area contributed by atoms with Crippen LogP contribution >= 0.6 is 0 Å². The summed E-state index contributed by atoms with van der Waals surface area (Å²) < 4.78 is 0. The highest BCUT2D eigenvalue weighted by molar-refractivity contribution is 5.70. The third kappa shape index (κ3) is 4.52. The number of nitrogens with two attached hydrogens (primary N) is 1. The van der Waals surface area contributed by atoms with Crippen LogP contribution in [0.4, 0.5) is 0 Å². The molecule has 0 aromatic rings. The van der Waals surface area contributed by atoms with Crippen molar-refractivity contribution in [2.75, 3.05) is 13.1 Å². The van der Waals surface area contributed by atoms with Crippen molar-refractivity contribution in [2.45, 2.75) is 51.7 Å². The van der Waals surface area contributed by atoms with Crippen LogP contribution in [0.15, 0.2) is 5.28 Å². The predicted molar refractivity (Wildman–Crippen MR) is 71.4 cm³/mol. The maximum absolute atomic E-state index is 11.9. The average molecular weight is 288 g/mol. The van der Waals surface area contributed by atoms with E-state index in [1.807, 2.05) is 20.8 Å². The van der Waals surface area contributed by atoms with Crippen LogP contribution in [-0.2, 0) is 9.63 Å². The molecular formula is C12H24N4O4. The summed E-state index contributed by atoms with van der Waals surface area (Å²) in [5.74, 6) is -1.23.